The van der Waals surface area contributed by atoms with E-state index < -0.39 is 10.8 Å². The number of hydrogen-bond donors (Lipinski definition) is 0. The predicted octanol–water partition coefficient (Wildman–Crippen LogP) is 19.5. The smallest absolute Gasteiger partial charge is 0.252 e. The first-order valence-corrected chi connectivity index (χ1v) is 30.9. The average molecular weight is 1130 g/mol. The van der Waals surface area contributed by atoms with Crippen LogP contribution in [0.4, 0.5) is 34.1 Å². The van der Waals surface area contributed by atoms with Crippen molar-refractivity contribution in [2.75, 3.05) is 9.80 Å². The zero-order valence-corrected chi connectivity index (χ0v) is 49.2. The van der Waals surface area contributed by atoms with Crippen LogP contribution >= 0.6 is 0 Å². The molecule has 0 aliphatic carbocycles. The Morgan fingerprint density at radius 3 is 0.719 bits per heavy atom. The lowest BCUT2D eigenvalue weighted by Gasteiger charge is -2.45. The number of rotatable bonds is 13. The Labute approximate surface area is 522 Å². The summed E-state index contributed by atoms with van der Waals surface area (Å²) in [6.45, 7) is -0.142. The van der Waals surface area contributed by atoms with Gasteiger partial charge in [0.25, 0.3) is 6.71 Å². The van der Waals surface area contributed by atoms with Crippen molar-refractivity contribution in [2.45, 2.75) is 10.8 Å². The summed E-state index contributed by atoms with van der Waals surface area (Å²) in [6, 6.07) is 137. The van der Waals surface area contributed by atoms with E-state index in [1.54, 1.807) is 0 Å². The van der Waals surface area contributed by atoms with Gasteiger partial charge in [-0.15, -0.1) is 0 Å². The number of fused-ring (bicyclic) bond motifs is 4. The quantitative estimate of drug-likeness (QED) is 0.0839. The Hall–Kier alpha value is -11.3. The molecule has 0 saturated carbocycles. The van der Waals surface area contributed by atoms with Gasteiger partial charge < -0.3 is 9.80 Å². The Bertz CT molecular complexity index is 4300. The number of benzene rings is 14. The molecular weight excluding hydrogens is 1070 g/mol. The standard InChI is InChI=1S/C86H61BN2/c1-10-28-62(29-11-1)65-46-56-80-78(58-65)87-79-59-66(63-30-12-2-13-31-63)47-57-81(79)89(77-54-50-75(51-55-77)86(71-40-22-7-23-41-71,72-42-24-8-25-43-72)73-44-26-9-27-45-73)83-61-67(64-32-14-3-15-33-64)60-82(84(83)87)88(80)76-52-48-74(49-53-76)85(68-34-16-4-17-35-68,69-36-18-5-19-37-69)70-38-20-6-21-39-70/h1-61H. The number of nitrogens with zero attached hydrogens (tertiary/aromatic N) is 2. The molecular formula is C86H61BN2. The van der Waals surface area contributed by atoms with Gasteiger partial charge in [0.1, 0.15) is 0 Å². The number of hydrogen-bond acceptors (Lipinski definition) is 2. The molecule has 0 fully saturated rings. The minimum absolute atomic E-state index is 0.142. The third kappa shape index (κ3) is 8.96. The first-order valence-electron chi connectivity index (χ1n) is 30.9. The molecule has 0 bridgehead atoms. The van der Waals surface area contributed by atoms with Crippen LogP contribution in [0.5, 0.6) is 0 Å². The lowest BCUT2D eigenvalue weighted by atomic mass is 9.33. The Kier molecular flexibility index (Phi) is 13.5. The SMILES string of the molecule is c1ccc(-c2ccc3c(c2)B2c4cc(-c5ccccc5)ccc4N(c4ccc(C(c5ccccc5)(c5ccccc5)c5ccccc5)cc4)c4cc(-c5ccccc5)cc(c42)N3c2ccc(C(c3ccccc3)(c3ccccc3)c3ccccc3)cc2)cc1. The van der Waals surface area contributed by atoms with Gasteiger partial charge in [0.2, 0.25) is 0 Å². The summed E-state index contributed by atoms with van der Waals surface area (Å²) in [5.41, 5.74) is 26.0. The summed E-state index contributed by atoms with van der Waals surface area (Å²) in [4.78, 5) is 5.12. The highest BCUT2D eigenvalue weighted by atomic mass is 15.2. The second kappa shape index (κ2) is 22.5. The molecule has 2 nitrogen and oxygen atoms in total. The number of anilines is 6. The molecule has 3 heteroatoms. The summed E-state index contributed by atoms with van der Waals surface area (Å²) in [5, 5.41) is 0. The third-order valence-electron chi connectivity index (χ3n) is 18.7. The zero-order valence-electron chi connectivity index (χ0n) is 49.2. The Morgan fingerprint density at radius 2 is 0.438 bits per heavy atom. The van der Waals surface area contributed by atoms with Crippen molar-refractivity contribution < 1.29 is 0 Å². The van der Waals surface area contributed by atoms with E-state index in [1.807, 2.05) is 0 Å². The van der Waals surface area contributed by atoms with E-state index in [9.17, 15) is 0 Å². The summed E-state index contributed by atoms with van der Waals surface area (Å²) in [7, 11) is 0. The molecule has 0 unspecified atom stereocenters. The van der Waals surface area contributed by atoms with Crippen molar-refractivity contribution in [2.24, 2.45) is 0 Å². The summed E-state index contributed by atoms with van der Waals surface area (Å²) < 4.78 is 0. The van der Waals surface area contributed by atoms with E-state index in [1.165, 1.54) is 83.1 Å². The van der Waals surface area contributed by atoms with Crippen LogP contribution in [0.3, 0.4) is 0 Å². The van der Waals surface area contributed by atoms with Crippen LogP contribution in [-0.4, -0.2) is 6.71 Å². The average Bonchev–Trinajstić information content (AvgIpc) is 0.946. The first-order chi connectivity index (χ1) is 44.2. The van der Waals surface area contributed by atoms with E-state index in [0.717, 1.165) is 45.3 Å². The molecule has 0 N–H and O–H groups in total. The van der Waals surface area contributed by atoms with Crippen LogP contribution in [0, 0.1) is 0 Å². The van der Waals surface area contributed by atoms with Crippen molar-refractivity contribution in [3.63, 3.8) is 0 Å². The topological polar surface area (TPSA) is 6.48 Å². The molecule has 0 saturated heterocycles. The van der Waals surface area contributed by atoms with Crippen molar-refractivity contribution in [1.29, 1.82) is 0 Å². The van der Waals surface area contributed by atoms with Crippen molar-refractivity contribution in [3.05, 3.63) is 415 Å². The Balaban J connectivity index is 0.959. The molecule has 2 heterocycles. The van der Waals surface area contributed by atoms with Crippen LogP contribution in [-0.2, 0) is 10.8 Å². The van der Waals surface area contributed by atoms with Gasteiger partial charge in [0.15, 0.2) is 0 Å². The molecule has 0 radical (unpaired) electrons. The van der Waals surface area contributed by atoms with Gasteiger partial charge in [-0.3, -0.25) is 0 Å². The fraction of sp³-hybridized carbons (Fsp3) is 0.0233. The second-order valence-corrected chi connectivity index (χ2v) is 23.5. The molecule has 0 spiro atoms. The summed E-state index contributed by atoms with van der Waals surface area (Å²) in [5.74, 6) is 0. The molecule has 2 aliphatic rings. The monoisotopic (exact) mass is 1130 g/mol. The highest BCUT2D eigenvalue weighted by Gasteiger charge is 2.46. The largest absolute Gasteiger partial charge is 0.311 e. The normalized spacial score (nSPS) is 12.4. The van der Waals surface area contributed by atoms with Crippen LogP contribution in [0.1, 0.15) is 44.5 Å². The minimum atomic E-state index is -0.608. The van der Waals surface area contributed by atoms with Gasteiger partial charge in [-0.25, -0.2) is 0 Å². The van der Waals surface area contributed by atoms with E-state index in [2.05, 4.69) is 380 Å². The van der Waals surface area contributed by atoms with Gasteiger partial charge in [-0.1, -0.05) is 322 Å². The van der Waals surface area contributed by atoms with Crippen molar-refractivity contribution >= 4 is 57.2 Å². The van der Waals surface area contributed by atoms with Crippen LogP contribution in [0.25, 0.3) is 33.4 Å². The van der Waals surface area contributed by atoms with Gasteiger partial charge in [0, 0.05) is 34.1 Å². The van der Waals surface area contributed by atoms with E-state index in [-0.39, 0.29) is 6.71 Å². The summed E-state index contributed by atoms with van der Waals surface area (Å²) in [6.07, 6.45) is 0. The first kappa shape index (κ1) is 53.2. The van der Waals surface area contributed by atoms with Crippen molar-refractivity contribution in [3.8, 4) is 33.4 Å². The van der Waals surface area contributed by atoms with Gasteiger partial charge in [-0.05, 0) is 143 Å². The van der Waals surface area contributed by atoms with Crippen LogP contribution in [0.15, 0.2) is 370 Å². The lowest BCUT2D eigenvalue weighted by Crippen LogP contribution is -2.61. The maximum Gasteiger partial charge on any atom is 0.252 e. The van der Waals surface area contributed by atoms with E-state index in [0.29, 0.717) is 0 Å². The lowest BCUT2D eigenvalue weighted by molar-refractivity contribution is 0.745. The molecule has 2 aliphatic heterocycles. The molecule has 418 valence electrons. The fourth-order valence-corrected chi connectivity index (χ4v) is 14.8. The zero-order chi connectivity index (χ0) is 59.1. The van der Waals surface area contributed by atoms with Crippen LogP contribution in [0.2, 0.25) is 0 Å². The molecule has 16 rings (SSSR count). The highest BCUT2D eigenvalue weighted by molar-refractivity contribution is 7.00. The molecule has 0 atom stereocenters. The fourth-order valence-electron chi connectivity index (χ4n) is 14.8. The van der Waals surface area contributed by atoms with Crippen LogP contribution < -0.4 is 26.2 Å². The summed E-state index contributed by atoms with van der Waals surface area (Å²) >= 11 is 0. The van der Waals surface area contributed by atoms with Gasteiger partial charge in [-0.2, -0.15) is 0 Å². The molecule has 14 aromatic carbocycles. The third-order valence-corrected chi connectivity index (χ3v) is 18.7. The molecule has 89 heavy (non-hydrogen) atoms. The molecule has 0 amide bonds. The van der Waals surface area contributed by atoms with E-state index in [4.69, 9.17) is 0 Å². The van der Waals surface area contributed by atoms with E-state index >= 15 is 0 Å². The second-order valence-electron chi connectivity index (χ2n) is 23.5. The maximum atomic E-state index is 2.56. The van der Waals surface area contributed by atoms with Gasteiger partial charge in [0.05, 0.1) is 10.8 Å². The molecule has 0 aromatic heterocycles. The Morgan fingerprint density at radius 1 is 0.191 bits per heavy atom. The molecule has 14 aromatic rings. The van der Waals surface area contributed by atoms with Crippen molar-refractivity contribution in [1.82, 2.24) is 0 Å². The van der Waals surface area contributed by atoms with Gasteiger partial charge >= 0.3 is 0 Å². The predicted molar refractivity (Wildman–Crippen MR) is 373 cm³/mol. The minimum Gasteiger partial charge on any atom is -0.311 e. The highest BCUT2D eigenvalue weighted by Crippen LogP contribution is 2.51. The maximum absolute atomic E-state index is 2.56.